The Bertz CT molecular complexity index is 634. The van der Waals surface area contributed by atoms with E-state index in [1.165, 1.54) is 0 Å². The maximum Gasteiger partial charge on any atom is 0.263 e. The number of β-amino-alcohol motifs (C(OH)–C–C–N with tert-alkyl or cyclic N) is 1. The number of carbonyl (C=O) groups excluding carboxylic acids is 1. The zero-order chi connectivity index (χ0) is 17.4. The first-order chi connectivity index (χ1) is 11.6. The van der Waals surface area contributed by atoms with Crippen molar-refractivity contribution in [1.29, 1.82) is 5.26 Å². The molecule has 0 aliphatic carbocycles. The lowest BCUT2D eigenvalue weighted by Gasteiger charge is -2.33. The highest BCUT2D eigenvalue weighted by Crippen LogP contribution is 2.14. The van der Waals surface area contributed by atoms with Gasteiger partial charge in [-0.25, -0.2) is 0 Å². The molecule has 7 heteroatoms. The molecule has 1 aliphatic heterocycles. The Morgan fingerprint density at radius 2 is 2.04 bits per heavy atom. The third-order valence-electron chi connectivity index (χ3n) is 3.90. The van der Waals surface area contributed by atoms with Crippen LogP contribution >= 0.6 is 11.6 Å². The van der Waals surface area contributed by atoms with Crippen LogP contribution in [0.4, 0.5) is 0 Å². The molecule has 0 bridgehead atoms. The number of nitrogens with one attached hydrogen (secondary N) is 1. The number of amides is 1. The van der Waals surface area contributed by atoms with E-state index in [9.17, 15) is 10.1 Å². The molecule has 24 heavy (non-hydrogen) atoms. The van der Waals surface area contributed by atoms with Crippen LogP contribution in [0.15, 0.2) is 36.0 Å². The highest BCUT2D eigenvalue weighted by Gasteiger charge is 2.17. The van der Waals surface area contributed by atoms with Gasteiger partial charge < -0.3 is 15.3 Å². The van der Waals surface area contributed by atoms with E-state index >= 15 is 0 Å². The molecule has 1 aromatic rings. The Labute approximate surface area is 146 Å². The van der Waals surface area contributed by atoms with Gasteiger partial charge in [0.15, 0.2) is 0 Å². The third-order valence-corrected chi connectivity index (χ3v) is 4.27. The summed E-state index contributed by atoms with van der Waals surface area (Å²) in [6.45, 7) is 4.13. The average Bonchev–Trinajstić information content (AvgIpc) is 2.60. The summed E-state index contributed by atoms with van der Waals surface area (Å²) in [5, 5.41) is 21.5. The van der Waals surface area contributed by atoms with Crippen LogP contribution in [-0.2, 0) is 11.3 Å². The Morgan fingerprint density at radius 3 is 2.67 bits per heavy atom. The number of hydrogen-bond acceptors (Lipinski definition) is 5. The van der Waals surface area contributed by atoms with Crippen LogP contribution in [-0.4, -0.2) is 60.1 Å². The number of nitrogens with zero attached hydrogens (tertiary/aromatic N) is 3. The van der Waals surface area contributed by atoms with Crippen molar-refractivity contribution in [2.24, 2.45) is 0 Å². The van der Waals surface area contributed by atoms with Crippen LogP contribution in [0.25, 0.3) is 0 Å². The minimum Gasteiger partial charge on any atom is -0.395 e. The van der Waals surface area contributed by atoms with E-state index in [0.717, 1.165) is 31.7 Å². The summed E-state index contributed by atoms with van der Waals surface area (Å²) in [5.74, 6) is -0.407. The fourth-order valence-corrected chi connectivity index (χ4v) is 2.69. The normalized spacial score (nSPS) is 15.9. The molecule has 0 radical (unpaired) electrons. The zero-order valence-corrected chi connectivity index (χ0v) is 14.2. The first kappa shape index (κ1) is 18.3. The molecule has 0 saturated carbocycles. The lowest BCUT2D eigenvalue weighted by atomic mass is 10.2. The van der Waals surface area contributed by atoms with Gasteiger partial charge in [0.05, 0.1) is 6.61 Å². The van der Waals surface area contributed by atoms with Crippen LogP contribution in [0.1, 0.15) is 5.56 Å². The van der Waals surface area contributed by atoms with Gasteiger partial charge in [0.25, 0.3) is 5.91 Å². The number of aliphatic hydroxyl groups excluding tert-OH is 1. The summed E-state index contributed by atoms with van der Waals surface area (Å²) < 4.78 is 0. The van der Waals surface area contributed by atoms with Gasteiger partial charge in [0.1, 0.15) is 11.6 Å². The fraction of sp³-hybridized carbons (Fsp3) is 0.412. The summed E-state index contributed by atoms with van der Waals surface area (Å²) >= 11 is 6.05. The Morgan fingerprint density at radius 1 is 1.33 bits per heavy atom. The number of hydrogen-bond donors (Lipinski definition) is 2. The maximum absolute atomic E-state index is 12.2. The van der Waals surface area contributed by atoms with E-state index < -0.39 is 5.91 Å². The van der Waals surface area contributed by atoms with Gasteiger partial charge in [-0.3, -0.25) is 9.69 Å². The predicted octanol–water partition coefficient (Wildman–Crippen LogP) is 0.974. The predicted molar refractivity (Wildman–Crippen MR) is 92.1 cm³/mol. The molecular weight excluding hydrogens is 328 g/mol. The van der Waals surface area contributed by atoms with Gasteiger partial charge in [0, 0.05) is 50.5 Å². The molecule has 1 heterocycles. The molecule has 0 aromatic heterocycles. The van der Waals surface area contributed by atoms with Crippen LogP contribution in [0.3, 0.4) is 0 Å². The van der Waals surface area contributed by atoms with E-state index in [-0.39, 0.29) is 18.7 Å². The first-order valence-corrected chi connectivity index (χ1v) is 8.22. The van der Waals surface area contributed by atoms with Gasteiger partial charge in [0.2, 0.25) is 0 Å². The zero-order valence-electron chi connectivity index (χ0n) is 13.4. The Balaban J connectivity index is 1.90. The highest BCUT2D eigenvalue weighted by molar-refractivity contribution is 6.31. The van der Waals surface area contributed by atoms with Crippen LogP contribution in [0.2, 0.25) is 5.02 Å². The highest BCUT2D eigenvalue weighted by atomic mass is 35.5. The molecule has 6 nitrogen and oxygen atoms in total. The van der Waals surface area contributed by atoms with E-state index in [1.54, 1.807) is 12.3 Å². The number of rotatable bonds is 6. The van der Waals surface area contributed by atoms with E-state index in [2.05, 4.69) is 10.2 Å². The van der Waals surface area contributed by atoms with Crippen molar-refractivity contribution >= 4 is 17.5 Å². The molecule has 1 amide bonds. The third kappa shape index (κ3) is 5.24. The molecular formula is C17H21ClN4O2. The van der Waals surface area contributed by atoms with Crippen molar-refractivity contribution in [1.82, 2.24) is 15.1 Å². The van der Waals surface area contributed by atoms with Gasteiger partial charge in [-0.1, -0.05) is 29.8 Å². The second-order valence-corrected chi connectivity index (χ2v) is 5.94. The van der Waals surface area contributed by atoms with E-state index in [0.29, 0.717) is 11.6 Å². The van der Waals surface area contributed by atoms with Crippen LogP contribution in [0.5, 0.6) is 0 Å². The smallest absolute Gasteiger partial charge is 0.263 e. The fourth-order valence-electron chi connectivity index (χ4n) is 2.49. The molecule has 0 spiro atoms. The Kier molecular flexibility index (Phi) is 7.07. The minimum absolute atomic E-state index is 0.0812. The molecule has 1 aromatic carbocycles. The second-order valence-electron chi connectivity index (χ2n) is 5.53. The van der Waals surface area contributed by atoms with Gasteiger partial charge in [-0.05, 0) is 11.6 Å². The molecule has 1 fully saturated rings. The van der Waals surface area contributed by atoms with Crippen LogP contribution < -0.4 is 5.32 Å². The van der Waals surface area contributed by atoms with Crippen LogP contribution in [0, 0.1) is 11.3 Å². The maximum atomic E-state index is 12.2. The number of aliphatic hydroxyl groups is 1. The van der Waals surface area contributed by atoms with Crippen molar-refractivity contribution in [2.45, 2.75) is 6.54 Å². The van der Waals surface area contributed by atoms with Crippen molar-refractivity contribution in [3.63, 3.8) is 0 Å². The standard InChI is InChI=1S/C17H21ClN4O2/c18-16-4-2-1-3-14(16)12-20-17(24)15(11-19)13-22-7-5-21(6-8-22)9-10-23/h1-4,13,23H,5-10,12H2,(H,20,24)/b15-13-. The topological polar surface area (TPSA) is 79.6 Å². The summed E-state index contributed by atoms with van der Waals surface area (Å²) in [5.41, 5.74) is 0.889. The number of carbonyl (C=O) groups is 1. The van der Waals surface area contributed by atoms with Crippen molar-refractivity contribution in [2.75, 3.05) is 39.3 Å². The largest absolute Gasteiger partial charge is 0.395 e. The lowest BCUT2D eigenvalue weighted by Crippen LogP contribution is -2.45. The number of benzene rings is 1. The van der Waals surface area contributed by atoms with Crippen molar-refractivity contribution < 1.29 is 9.90 Å². The van der Waals surface area contributed by atoms with E-state index in [1.807, 2.05) is 29.2 Å². The van der Waals surface area contributed by atoms with Crippen molar-refractivity contribution in [3.8, 4) is 6.07 Å². The number of piperazine rings is 1. The Hall–Kier alpha value is -2.07. The summed E-state index contributed by atoms with van der Waals surface area (Å²) in [4.78, 5) is 16.3. The molecule has 1 aliphatic rings. The SMILES string of the molecule is N#C/C(=C/N1CCN(CCO)CC1)C(=O)NCc1ccccc1Cl. The lowest BCUT2D eigenvalue weighted by molar-refractivity contribution is -0.117. The average molecular weight is 349 g/mol. The molecule has 0 atom stereocenters. The quantitative estimate of drug-likeness (QED) is 0.591. The molecule has 1 saturated heterocycles. The first-order valence-electron chi connectivity index (χ1n) is 7.85. The molecule has 0 unspecified atom stereocenters. The summed E-state index contributed by atoms with van der Waals surface area (Å²) in [6, 6.07) is 9.22. The number of halogens is 1. The van der Waals surface area contributed by atoms with E-state index in [4.69, 9.17) is 16.7 Å². The summed E-state index contributed by atoms with van der Waals surface area (Å²) in [6.07, 6.45) is 1.61. The number of nitriles is 1. The van der Waals surface area contributed by atoms with Gasteiger partial charge in [-0.15, -0.1) is 0 Å². The second kappa shape index (κ2) is 9.28. The molecule has 2 N–H and O–H groups in total. The molecule has 2 rings (SSSR count). The van der Waals surface area contributed by atoms with Gasteiger partial charge in [-0.2, -0.15) is 5.26 Å². The molecule has 128 valence electrons. The van der Waals surface area contributed by atoms with Crippen molar-refractivity contribution in [3.05, 3.63) is 46.6 Å². The van der Waals surface area contributed by atoms with Gasteiger partial charge >= 0.3 is 0 Å². The minimum atomic E-state index is -0.407. The summed E-state index contributed by atoms with van der Waals surface area (Å²) in [7, 11) is 0. The monoisotopic (exact) mass is 348 g/mol.